The lowest BCUT2D eigenvalue weighted by atomic mass is 10.4. The zero-order valence-corrected chi connectivity index (χ0v) is 9.65. The van der Waals surface area contributed by atoms with Gasteiger partial charge in [0.2, 0.25) is 5.91 Å². The van der Waals surface area contributed by atoms with Crippen molar-refractivity contribution < 1.29 is 13.2 Å². The Morgan fingerprint density at radius 1 is 1.36 bits per heavy atom. The third-order valence-electron chi connectivity index (χ3n) is 1.86. The minimum Gasteiger partial charge on any atom is -0.354 e. The maximum absolute atomic E-state index is 11.2. The number of carbonyl (C=O) groups is 1. The second kappa shape index (κ2) is 5.98. The van der Waals surface area contributed by atoms with E-state index in [2.05, 4.69) is 10.6 Å². The molecule has 2 N–H and O–H groups in total. The van der Waals surface area contributed by atoms with Gasteiger partial charge >= 0.3 is 0 Å². The van der Waals surface area contributed by atoms with E-state index < -0.39 is 21.0 Å². The lowest BCUT2D eigenvalue weighted by molar-refractivity contribution is -0.120. The Labute approximate surface area is 85.2 Å². The van der Waals surface area contributed by atoms with Crippen LogP contribution in [0.15, 0.2) is 0 Å². The molecule has 0 aromatic rings. The van der Waals surface area contributed by atoms with E-state index in [0.717, 1.165) is 12.8 Å². The molecule has 0 rings (SSSR count). The van der Waals surface area contributed by atoms with Crippen LogP contribution in [0.2, 0.25) is 0 Å². The molecule has 0 fully saturated rings. The molecular weight excluding hydrogens is 204 g/mol. The molecule has 84 valence electrons. The molecule has 0 bridgehead atoms. The van der Waals surface area contributed by atoms with Crippen LogP contribution < -0.4 is 10.6 Å². The molecule has 6 heteroatoms. The van der Waals surface area contributed by atoms with Gasteiger partial charge in [-0.15, -0.1) is 0 Å². The summed E-state index contributed by atoms with van der Waals surface area (Å²) >= 11 is 0. The molecular formula is C8H18N2O3S. The Morgan fingerprint density at radius 3 is 2.36 bits per heavy atom. The van der Waals surface area contributed by atoms with Crippen molar-refractivity contribution >= 4 is 15.7 Å². The van der Waals surface area contributed by atoms with Gasteiger partial charge in [0.25, 0.3) is 0 Å². The second-order valence-corrected chi connectivity index (χ2v) is 5.48. The van der Waals surface area contributed by atoms with Crippen molar-refractivity contribution in [1.29, 1.82) is 0 Å². The number of rotatable bonds is 6. The van der Waals surface area contributed by atoms with Crippen LogP contribution in [0, 0.1) is 0 Å². The minimum absolute atomic E-state index is 0.439. The van der Waals surface area contributed by atoms with Gasteiger partial charge < -0.3 is 10.6 Å². The van der Waals surface area contributed by atoms with E-state index in [1.54, 1.807) is 0 Å². The maximum Gasteiger partial charge on any atom is 0.238 e. The molecule has 0 heterocycles. The van der Waals surface area contributed by atoms with Gasteiger partial charge in [-0.05, 0) is 13.5 Å². The standard InChI is InChI=1S/C8H18N2O3S/c1-4-9-5-6-10-8(11)7(2)14(3,12)13/h7,9H,4-6H2,1-3H3,(H,10,11). The molecule has 0 saturated heterocycles. The molecule has 0 radical (unpaired) electrons. The van der Waals surface area contributed by atoms with Crippen LogP contribution >= 0.6 is 0 Å². The lowest BCUT2D eigenvalue weighted by Gasteiger charge is -2.10. The molecule has 1 atom stereocenters. The summed E-state index contributed by atoms with van der Waals surface area (Å²) in [5.74, 6) is -0.439. The predicted molar refractivity (Wildman–Crippen MR) is 55.9 cm³/mol. The summed E-state index contributed by atoms with van der Waals surface area (Å²) < 4.78 is 22.0. The average Bonchev–Trinajstić information content (AvgIpc) is 2.09. The largest absolute Gasteiger partial charge is 0.354 e. The molecule has 0 aromatic heterocycles. The summed E-state index contributed by atoms with van der Waals surface area (Å²) in [7, 11) is -3.28. The Hall–Kier alpha value is -0.620. The van der Waals surface area contributed by atoms with E-state index in [1.165, 1.54) is 6.92 Å². The van der Waals surface area contributed by atoms with Crippen molar-refractivity contribution in [2.24, 2.45) is 0 Å². The first-order valence-electron chi connectivity index (χ1n) is 4.57. The Morgan fingerprint density at radius 2 is 1.93 bits per heavy atom. The average molecular weight is 222 g/mol. The van der Waals surface area contributed by atoms with Gasteiger partial charge in [-0.2, -0.15) is 0 Å². The first-order chi connectivity index (χ1) is 6.39. The summed E-state index contributed by atoms with van der Waals surface area (Å²) in [6, 6.07) is 0. The monoisotopic (exact) mass is 222 g/mol. The van der Waals surface area contributed by atoms with E-state index in [1.807, 2.05) is 6.92 Å². The highest BCUT2D eigenvalue weighted by Gasteiger charge is 2.22. The summed E-state index contributed by atoms with van der Waals surface area (Å²) in [6.45, 7) is 5.28. The fourth-order valence-electron chi connectivity index (χ4n) is 0.789. The molecule has 1 amide bonds. The topological polar surface area (TPSA) is 75.3 Å². The van der Waals surface area contributed by atoms with Gasteiger partial charge in [0, 0.05) is 19.3 Å². The molecule has 0 spiro atoms. The minimum atomic E-state index is -3.28. The van der Waals surface area contributed by atoms with Crippen molar-refractivity contribution in [3.63, 3.8) is 0 Å². The highest BCUT2D eigenvalue weighted by Crippen LogP contribution is 1.96. The van der Waals surface area contributed by atoms with Crippen LogP contribution in [0.3, 0.4) is 0 Å². The van der Waals surface area contributed by atoms with E-state index >= 15 is 0 Å². The highest BCUT2D eigenvalue weighted by molar-refractivity contribution is 7.92. The molecule has 1 unspecified atom stereocenters. The lowest BCUT2D eigenvalue weighted by Crippen LogP contribution is -2.40. The van der Waals surface area contributed by atoms with Gasteiger partial charge in [0.15, 0.2) is 9.84 Å². The third kappa shape index (κ3) is 5.18. The highest BCUT2D eigenvalue weighted by atomic mass is 32.2. The van der Waals surface area contributed by atoms with Gasteiger partial charge in [0.05, 0.1) is 0 Å². The number of hydrogen-bond donors (Lipinski definition) is 2. The van der Waals surface area contributed by atoms with Crippen molar-refractivity contribution in [3.05, 3.63) is 0 Å². The number of amides is 1. The quantitative estimate of drug-likeness (QED) is 0.574. The zero-order chi connectivity index (χ0) is 11.2. The maximum atomic E-state index is 11.2. The van der Waals surface area contributed by atoms with Crippen LogP contribution in [-0.4, -0.2) is 45.5 Å². The third-order valence-corrected chi connectivity index (χ3v) is 3.36. The second-order valence-electron chi connectivity index (χ2n) is 3.12. The fraction of sp³-hybridized carbons (Fsp3) is 0.875. The smallest absolute Gasteiger partial charge is 0.238 e. The van der Waals surface area contributed by atoms with E-state index in [-0.39, 0.29) is 0 Å². The van der Waals surface area contributed by atoms with Gasteiger partial charge in [-0.3, -0.25) is 4.79 Å². The molecule has 0 aliphatic heterocycles. The van der Waals surface area contributed by atoms with Gasteiger partial charge in [-0.25, -0.2) is 8.42 Å². The summed E-state index contributed by atoms with van der Waals surface area (Å²) in [5, 5.41) is 4.59. The zero-order valence-electron chi connectivity index (χ0n) is 8.83. The Kier molecular flexibility index (Phi) is 5.71. The number of nitrogens with one attached hydrogen (secondary N) is 2. The number of hydrogen-bond acceptors (Lipinski definition) is 4. The van der Waals surface area contributed by atoms with Crippen LogP contribution in [0.25, 0.3) is 0 Å². The molecule has 5 nitrogen and oxygen atoms in total. The van der Waals surface area contributed by atoms with Crippen molar-refractivity contribution in [2.45, 2.75) is 19.1 Å². The van der Waals surface area contributed by atoms with E-state index in [0.29, 0.717) is 13.1 Å². The van der Waals surface area contributed by atoms with Gasteiger partial charge in [0.1, 0.15) is 5.25 Å². The summed E-state index contributed by atoms with van der Waals surface area (Å²) in [4.78, 5) is 11.2. The van der Waals surface area contributed by atoms with Crippen molar-refractivity contribution in [3.8, 4) is 0 Å². The molecule has 0 aromatic carbocycles. The molecule has 0 aliphatic rings. The summed E-state index contributed by atoms with van der Waals surface area (Å²) in [5.41, 5.74) is 0. The first-order valence-corrected chi connectivity index (χ1v) is 6.52. The van der Waals surface area contributed by atoms with Crippen molar-refractivity contribution in [2.75, 3.05) is 25.9 Å². The van der Waals surface area contributed by atoms with Crippen molar-refractivity contribution in [1.82, 2.24) is 10.6 Å². The number of sulfone groups is 1. The Balaban J connectivity index is 3.86. The number of likely N-dealkylation sites (N-methyl/N-ethyl adjacent to an activating group) is 1. The predicted octanol–water partition coefficient (Wildman–Crippen LogP) is -0.855. The Bertz CT molecular complexity index is 274. The van der Waals surface area contributed by atoms with Gasteiger partial charge in [-0.1, -0.05) is 6.92 Å². The summed E-state index contributed by atoms with van der Waals surface area (Å²) in [6.07, 6.45) is 1.06. The van der Waals surface area contributed by atoms with E-state index in [9.17, 15) is 13.2 Å². The SMILES string of the molecule is CCNCCNC(=O)C(C)S(C)(=O)=O. The first kappa shape index (κ1) is 13.4. The normalized spacial score (nSPS) is 13.6. The van der Waals surface area contributed by atoms with Crippen LogP contribution in [-0.2, 0) is 14.6 Å². The number of carbonyl (C=O) groups excluding carboxylic acids is 1. The van der Waals surface area contributed by atoms with Crippen LogP contribution in [0.4, 0.5) is 0 Å². The fourth-order valence-corrected chi connectivity index (χ4v) is 1.26. The van der Waals surface area contributed by atoms with E-state index in [4.69, 9.17) is 0 Å². The van der Waals surface area contributed by atoms with Crippen LogP contribution in [0.5, 0.6) is 0 Å². The molecule has 14 heavy (non-hydrogen) atoms. The van der Waals surface area contributed by atoms with Crippen LogP contribution in [0.1, 0.15) is 13.8 Å². The molecule has 0 aliphatic carbocycles. The molecule has 0 saturated carbocycles.